The van der Waals surface area contributed by atoms with Crippen molar-refractivity contribution in [1.82, 2.24) is 15.5 Å². The van der Waals surface area contributed by atoms with Crippen molar-refractivity contribution in [2.75, 3.05) is 26.2 Å². The molecule has 1 saturated carbocycles. The van der Waals surface area contributed by atoms with Crippen molar-refractivity contribution >= 4 is 11.9 Å². The average Bonchev–Trinajstić information content (AvgIpc) is 3.39. The molecule has 2 fully saturated rings. The molecular weight excluding hydrogens is 352 g/mol. The summed E-state index contributed by atoms with van der Waals surface area (Å²) >= 11 is 0. The Balaban J connectivity index is 1.54. The second-order valence-electron chi connectivity index (χ2n) is 7.67. The number of guanidine groups is 1. The van der Waals surface area contributed by atoms with Gasteiger partial charge in [0.2, 0.25) is 5.91 Å². The van der Waals surface area contributed by atoms with Gasteiger partial charge in [-0.1, -0.05) is 25.0 Å². The highest BCUT2D eigenvalue weighted by atomic mass is 16.5. The average molecular weight is 387 g/mol. The minimum atomic E-state index is 0.262. The highest BCUT2D eigenvalue weighted by Crippen LogP contribution is 2.27. The molecule has 2 N–H and O–H groups in total. The number of carbonyl (C=O) groups excluding carboxylic acids is 1. The Hall–Kier alpha value is -2.24. The number of amides is 1. The first-order valence-electron chi connectivity index (χ1n) is 10.7. The summed E-state index contributed by atoms with van der Waals surface area (Å²) in [4.78, 5) is 19.4. The molecule has 0 radical (unpaired) electrons. The number of rotatable bonds is 7. The molecule has 1 unspecified atom stereocenters. The molecule has 28 heavy (non-hydrogen) atoms. The third-order valence-corrected chi connectivity index (χ3v) is 5.52. The van der Waals surface area contributed by atoms with E-state index >= 15 is 0 Å². The van der Waals surface area contributed by atoms with Crippen molar-refractivity contribution in [2.24, 2.45) is 10.9 Å². The first-order valence-corrected chi connectivity index (χ1v) is 10.7. The fraction of sp³-hybridized carbons (Fsp3) is 0.636. The molecule has 154 valence electrons. The molecule has 6 nitrogen and oxygen atoms in total. The SMILES string of the molecule is CCNC(=NCc1cccc(OCC)c1)NC1CCN(C(=O)C2CCCC2)C1. The van der Waals surface area contributed by atoms with E-state index in [1.54, 1.807) is 0 Å². The van der Waals surface area contributed by atoms with Crippen LogP contribution in [0.25, 0.3) is 0 Å². The number of ether oxygens (including phenoxy) is 1. The Bertz CT molecular complexity index is 670. The number of nitrogens with one attached hydrogen (secondary N) is 2. The summed E-state index contributed by atoms with van der Waals surface area (Å²) in [6.07, 6.45) is 5.51. The van der Waals surface area contributed by atoms with E-state index in [0.717, 1.165) is 56.2 Å². The summed E-state index contributed by atoms with van der Waals surface area (Å²) in [5, 5.41) is 6.84. The fourth-order valence-electron chi connectivity index (χ4n) is 4.09. The Labute approximate surface area is 168 Å². The Kier molecular flexibility index (Phi) is 7.57. The summed E-state index contributed by atoms with van der Waals surface area (Å²) < 4.78 is 5.57. The maximum absolute atomic E-state index is 12.6. The van der Waals surface area contributed by atoms with E-state index in [4.69, 9.17) is 9.73 Å². The van der Waals surface area contributed by atoms with Crippen LogP contribution in [0.3, 0.4) is 0 Å². The van der Waals surface area contributed by atoms with Crippen LogP contribution in [0, 0.1) is 5.92 Å². The first-order chi connectivity index (χ1) is 13.7. The number of hydrogen-bond donors (Lipinski definition) is 2. The number of aliphatic imine (C=N–C) groups is 1. The van der Waals surface area contributed by atoms with Crippen LogP contribution in [0.4, 0.5) is 0 Å². The van der Waals surface area contributed by atoms with Crippen LogP contribution < -0.4 is 15.4 Å². The fourth-order valence-corrected chi connectivity index (χ4v) is 4.09. The van der Waals surface area contributed by atoms with Gasteiger partial charge in [-0.2, -0.15) is 0 Å². The summed E-state index contributed by atoms with van der Waals surface area (Å²) in [7, 11) is 0. The lowest BCUT2D eigenvalue weighted by Gasteiger charge is -2.21. The summed E-state index contributed by atoms with van der Waals surface area (Å²) in [6, 6.07) is 8.33. The lowest BCUT2D eigenvalue weighted by Crippen LogP contribution is -2.45. The molecule has 6 heteroatoms. The standard InChI is InChI=1S/C22H34N4O2/c1-3-23-22(24-15-17-8-7-11-20(14-17)28-4-2)25-19-12-13-26(16-19)21(27)18-9-5-6-10-18/h7-8,11,14,18-19H,3-6,9-10,12-13,15-16H2,1-2H3,(H2,23,24,25). The van der Waals surface area contributed by atoms with Gasteiger partial charge in [-0.3, -0.25) is 4.79 Å². The molecule has 2 aliphatic rings. The molecule has 1 aromatic rings. The van der Waals surface area contributed by atoms with E-state index in [0.29, 0.717) is 19.1 Å². The second kappa shape index (κ2) is 10.3. The van der Waals surface area contributed by atoms with Crippen LogP contribution in [-0.2, 0) is 11.3 Å². The van der Waals surface area contributed by atoms with Crippen LogP contribution in [-0.4, -0.2) is 49.0 Å². The van der Waals surface area contributed by atoms with Gasteiger partial charge in [0.25, 0.3) is 0 Å². The van der Waals surface area contributed by atoms with E-state index in [1.165, 1.54) is 12.8 Å². The smallest absolute Gasteiger partial charge is 0.225 e. The van der Waals surface area contributed by atoms with Gasteiger partial charge in [0.15, 0.2) is 5.96 Å². The summed E-state index contributed by atoms with van der Waals surface area (Å²) in [5.74, 6) is 2.31. The number of likely N-dealkylation sites (tertiary alicyclic amines) is 1. The third kappa shape index (κ3) is 5.63. The normalized spacial score (nSPS) is 20.4. The molecule has 1 aromatic carbocycles. The molecule has 1 aliphatic heterocycles. The Morgan fingerprint density at radius 1 is 1.25 bits per heavy atom. The molecule has 1 amide bonds. The van der Waals surface area contributed by atoms with Crippen molar-refractivity contribution < 1.29 is 9.53 Å². The minimum Gasteiger partial charge on any atom is -0.494 e. The van der Waals surface area contributed by atoms with Crippen LogP contribution in [0.5, 0.6) is 5.75 Å². The predicted molar refractivity (Wildman–Crippen MR) is 113 cm³/mol. The van der Waals surface area contributed by atoms with Gasteiger partial charge < -0.3 is 20.3 Å². The zero-order valence-electron chi connectivity index (χ0n) is 17.2. The van der Waals surface area contributed by atoms with Crippen molar-refractivity contribution in [3.63, 3.8) is 0 Å². The zero-order chi connectivity index (χ0) is 19.8. The highest BCUT2D eigenvalue weighted by Gasteiger charge is 2.32. The van der Waals surface area contributed by atoms with Crippen molar-refractivity contribution in [3.8, 4) is 5.75 Å². The molecule has 0 spiro atoms. The topological polar surface area (TPSA) is 66.0 Å². The van der Waals surface area contributed by atoms with Crippen LogP contribution >= 0.6 is 0 Å². The highest BCUT2D eigenvalue weighted by molar-refractivity contribution is 5.81. The van der Waals surface area contributed by atoms with E-state index in [9.17, 15) is 4.79 Å². The summed E-state index contributed by atoms with van der Waals surface area (Å²) in [6.45, 7) is 7.74. The predicted octanol–water partition coefficient (Wildman–Crippen LogP) is 2.93. The third-order valence-electron chi connectivity index (χ3n) is 5.52. The molecule has 1 heterocycles. The first kappa shape index (κ1) is 20.5. The van der Waals surface area contributed by atoms with E-state index in [-0.39, 0.29) is 12.0 Å². The molecular formula is C22H34N4O2. The zero-order valence-corrected chi connectivity index (χ0v) is 17.2. The quantitative estimate of drug-likeness (QED) is 0.559. The van der Waals surface area contributed by atoms with Gasteiger partial charge in [-0.05, 0) is 50.8 Å². The molecule has 1 aliphatic carbocycles. The Morgan fingerprint density at radius 2 is 2.07 bits per heavy atom. The van der Waals surface area contributed by atoms with Crippen molar-refractivity contribution in [1.29, 1.82) is 0 Å². The van der Waals surface area contributed by atoms with Crippen LogP contribution in [0.15, 0.2) is 29.3 Å². The largest absolute Gasteiger partial charge is 0.494 e. The minimum absolute atomic E-state index is 0.262. The van der Waals surface area contributed by atoms with Gasteiger partial charge in [0, 0.05) is 31.6 Å². The second-order valence-corrected chi connectivity index (χ2v) is 7.67. The number of nitrogens with zero attached hydrogens (tertiary/aromatic N) is 2. The van der Waals surface area contributed by atoms with Crippen molar-refractivity contribution in [3.05, 3.63) is 29.8 Å². The molecule has 1 saturated heterocycles. The maximum Gasteiger partial charge on any atom is 0.225 e. The van der Waals surface area contributed by atoms with Crippen LogP contribution in [0.2, 0.25) is 0 Å². The van der Waals surface area contributed by atoms with Gasteiger partial charge in [-0.15, -0.1) is 0 Å². The monoisotopic (exact) mass is 386 g/mol. The number of hydrogen-bond acceptors (Lipinski definition) is 3. The lowest BCUT2D eigenvalue weighted by atomic mass is 10.1. The van der Waals surface area contributed by atoms with Crippen LogP contribution in [0.1, 0.15) is 51.5 Å². The molecule has 0 aromatic heterocycles. The van der Waals surface area contributed by atoms with E-state index in [1.807, 2.05) is 30.0 Å². The molecule has 0 bridgehead atoms. The summed E-state index contributed by atoms with van der Waals surface area (Å²) in [5.41, 5.74) is 1.12. The van der Waals surface area contributed by atoms with E-state index < -0.39 is 0 Å². The molecule has 3 rings (SSSR count). The Morgan fingerprint density at radius 3 is 2.82 bits per heavy atom. The van der Waals surface area contributed by atoms with Gasteiger partial charge in [0.05, 0.1) is 13.2 Å². The molecule has 1 atom stereocenters. The van der Waals surface area contributed by atoms with E-state index in [2.05, 4.69) is 23.6 Å². The lowest BCUT2D eigenvalue weighted by molar-refractivity contribution is -0.134. The number of carbonyl (C=O) groups is 1. The van der Waals surface area contributed by atoms with Crippen molar-refractivity contribution in [2.45, 2.75) is 58.5 Å². The van der Waals surface area contributed by atoms with Gasteiger partial charge in [0.1, 0.15) is 5.75 Å². The van der Waals surface area contributed by atoms with Gasteiger partial charge in [-0.25, -0.2) is 4.99 Å². The maximum atomic E-state index is 12.6. The number of benzene rings is 1. The van der Waals surface area contributed by atoms with Gasteiger partial charge >= 0.3 is 0 Å².